The fraction of sp³-hybridized carbons (Fsp3) is 0.533. The number of hydrogen-bond acceptors (Lipinski definition) is 6. The minimum atomic E-state index is -5.03. The number of nitrogens with zero attached hydrogens (tertiary/aromatic N) is 2. The first kappa shape index (κ1) is 31.1. The highest BCUT2D eigenvalue weighted by Gasteiger charge is 2.40. The van der Waals surface area contributed by atoms with Gasteiger partial charge in [-0.1, -0.05) is 24.3 Å². The number of piperidine rings is 1. The van der Waals surface area contributed by atoms with E-state index in [-0.39, 0.29) is 17.5 Å². The maximum Gasteiger partial charge on any atom is 0.471 e. The van der Waals surface area contributed by atoms with Gasteiger partial charge in [0.25, 0.3) is 5.91 Å². The van der Waals surface area contributed by atoms with E-state index in [0.717, 1.165) is 18.4 Å². The summed E-state index contributed by atoms with van der Waals surface area (Å²) in [5, 5.41) is 4.87. The van der Waals surface area contributed by atoms with Crippen molar-refractivity contribution in [3.63, 3.8) is 0 Å². The van der Waals surface area contributed by atoms with E-state index < -0.39 is 41.8 Å². The zero-order valence-electron chi connectivity index (χ0n) is 24.2. The van der Waals surface area contributed by atoms with Gasteiger partial charge in [0.15, 0.2) is 0 Å². The number of carbonyl (C=O) groups is 3. The van der Waals surface area contributed by atoms with Crippen LogP contribution >= 0.6 is 0 Å². The highest BCUT2D eigenvalue weighted by atomic mass is 19.4. The maximum absolute atomic E-state index is 12.9. The summed E-state index contributed by atoms with van der Waals surface area (Å²) in [6, 6.07) is 9.05. The molecule has 1 saturated heterocycles. The molecule has 1 aliphatic heterocycles. The summed E-state index contributed by atoms with van der Waals surface area (Å²) < 4.78 is 50.3. The molecule has 0 spiro atoms. The second-order valence-electron chi connectivity index (χ2n) is 11.9. The number of alkyl halides is 3. The summed E-state index contributed by atoms with van der Waals surface area (Å²) >= 11 is 0. The van der Waals surface area contributed by atoms with Crippen LogP contribution in [-0.2, 0) is 9.53 Å². The quantitative estimate of drug-likeness (QED) is 0.433. The van der Waals surface area contributed by atoms with Crippen molar-refractivity contribution in [3.05, 3.63) is 59.4 Å². The molecule has 1 saturated carbocycles. The number of benzene rings is 1. The van der Waals surface area contributed by atoms with Gasteiger partial charge < -0.3 is 25.0 Å². The molecule has 0 unspecified atom stereocenters. The number of nitrogens with one attached hydrogen (secondary N) is 2. The maximum atomic E-state index is 12.9. The topological polar surface area (TPSA) is 110 Å². The van der Waals surface area contributed by atoms with Crippen LogP contribution in [-0.4, -0.2) is 64.7 Å². The van der Waals surface area contributed by atoms with Gasteiger partial charge in [-0.25, -0.2) is 9.78 Å². The number of amides is 3. The number of hydrogen-bond donors (Lipinski definition) is 2. The van der Waals surface area contributed by atoms with Crippen molar-refractivity contribution in [1.82, 2.24) is 20.5 Å². The van der Waals surface area contributed by atoms with E-state index in [1.54, 1.807) is 37.8 Å². The Labute approximate surface area is 243 Å². The van der Waals surface area contributed by atoms with Crippen molar-refractivity contribution in [2.75, 3.05) is 13.1 Å². The Morgan fingerprint density at radius 2 is 1.71 bits per heavy atom. The van der Waals surface area contributed by atoms with Gasteiger partial charge in [-0.05, 0) is 82.6 Å². The average molecular weight is 591 g/mol. The minimum Gasteiger partial charge on any atom is -0.482 e. The van der Waals surface area contributed by atoms with Crippen molar-refractivity contribution >= 4 is 17.9 Å². The molecular weight excluding hydrogens is 553 g/mol. The fourth-order valence-electron chi connectivity index (χ4n) is 4.78. The molecule has 2 fully saturated rings. The fourth-order valence-corrected chi connectivity index (χ4v) is 4.78. The molecule has 42 heavy (non-hydrogen) atoms. The number of likely N-dealkylation sites (tertiary alicyclic amines) is 1. The van der Waals surface area contributed by atoms with E-state index >= 15 is 0 Å². The van der Waals surface area contributed by atoms with Crippen LogP contribution in [0.4, 0.5) is 18.0 Å². The number of aromatic nitrogens is 1. The van der Waals surface area contributed by atoms with E-state index in [1.807, 2.05) is 17.4 Å². The van der Waals surface area contributed by atoms with Crippen molar-refractivity contribution in [1.29, 1.82) is 0 Å². The van der Waals surface area contributed by atoms with E-state index in [2.05, 4.69) is 10.3 Å². The summed E-state index contributed by atoms with van der Waals surface area (Å²) in [6.45, 7) is 7.66. The predicted octanol–water partition coefficient (Wildman–Crippen LogP) is 5.28. The second-order valence-corrected chi connectivity index (χ2v) is 11.9. The van der Waals surface area contributed by atoms with Gasteiger partial charge in [-0.2, -0.15) is 13.2 Å². The molecule has 228 valence electrons. The molecule has 4 rings (SSSR count). The molecule has 2 aliphatic rings. The zero-order chi connectivity index (χ0) is 30.7. The lowest BCUT2D eigenvalue weighted by Crippen LogP contribution is -2.50. The lowest BCUT2D eigenvalue weighted by atomic mass is 10.00. The Morgan fingerprint density at radius 3 is 2.29 bits per heavy atom. The molecule has 2 heterocycles. The summed E-state index contributed by atoms with van der Waals surface area (Å²) in [4.78, 5) is 42.7. The first-order valence-electron chi connectivity index (χ1n) is 14.1. The number of pyridine rings is 1. The van der Waals surface area contributed by atoms with Crippen molar-refractivity contribution < 1.29 is 37.0 Å². The second kappa shape index (κ2) is 12.6. The predicted molar refractivity (Wildman–Crippen MR) is 148 cm³/mol. The van der Waals surface area contributed by atoms with Crippen LogP contribution in [0, 0.1) is 0 Å². The Morgan fingerprint density at radius 1 is 1.02 bits per heavy atom. The molecule has 1 aromatic heterocycles. The molecule has 2 aromatic rings. The van der Waals surface area contributed by atoms with Crippen LogP contribution in [0.3, 0.4) is 0 Å². The molecule has 1 aliphatic carbocycles. The first-order chi connectivity index (χ1) is 19.7. The van der Waals surface area contributed by atoms with Gasteiger partial charge in [0.05, 0.1) is 12.2 Å². The zero-order valence-corrected chi connectivity index (χ0v) is 24.2. The minimum absolute atomic E-state index is 0.112. The Bertz CT molecular complexity index is 1260. The van der Waals surface area contributed by atoms with Crippen molar-refractivity contribution in [2.24, 2.45) is 0 Å². The normalized spacial score (nSPS) is 18.9. The summed E-state index contributed by atoms with van der Waals surface area (Å²) in [5.41, 5.74) is 1.22. The van der Waals surface area contributed by atoms with E-state index in [4.69, 9.17) is 9.47 Å². The molecule has 3 amide bonds. The highest BCUT2D eigenvalue weighted by molar-refractivity contribution is 5.92. The van der Waals surface area contributed by atoms with Gasteiger partial charge in [-0.15, -0.1) is 0 Å². The van der Waals surface area contributed by atoms with Crippen LogP contribution in [0.25, 0.3) is 0 Å². The summed E-state index contributed by atoms with van der Waals surface area (Å²) in [7, 11) is 0. The van der Waals surface area contributed by atoms with E-state index in [0.29, 0.717) is 37.4 Å². The highest BCUT2D eigenvalue weighted by Crippen LogP contribution is 2.40. The van der Waals surface area contributed by atoms with Gasteiger partial charge >= 0.3 is 18.2 Å². The van der Waals surface area contributed by atoms with Gasteiger partial charge in [0, 0.05) is 19.1 Å². The largest absolute Gasteiger partial charge is 0.482 e. The number of halogens is 3. The molecule has 0 radical (unpaired) electrons. The van der Waals surface area contributed by atoms with Gasteiger partial charge in [0.2, 0.25) is 0 Å². The molecule has 9 nitrogen and oxygen atoms in total. The molecule has 1 aromatic carbocycles. The lowest BCUT2D eigenvalue weighted by molar-refractivity contribution is -0.174. The van der Waals surface area contributed by atoms with E-state index in [9.17, 15) is 27.6 Å². The summed E-state index contributed by atoms with van der Waals surface area (Å²) in [5.74, 6) is -1.78. The third-order valence-electron chi connectivity index (χ3n) is 7.02. The molecule has 0 bridgehead atoms. The lowest BCUT2D eigenvalue weighted by Gasteiger charge is -2.34. The molecule has 2 N–H and O–H groups in total. The number of rotatable bonds is 8. The third-order valence-corrected chi connectivity index (χ3v) is 7.02. The monoisotopic (exact) mass is 590 g/mol. The number of ether oxygens (including phenoxy) is 2. The van der Waals surface area contributed by atoms with Crippen molar-refractivity contribution in [2.45, 2.75) is 89.3 Å². The average Bonchev–Trinajstić information content (AvgIpc) is 3.76. The van der Waals surface area contributed by atoms with Crippen LogP contribution in [0.5, 0.6) is 5.75 Å². The number of carbonyl (C=O) groups excluding carboxylic acids is 3. The Hall–Kier alpha value is -3.83. The summed E-state index contributed by atoms with van der Waals surface area (Å²) in [6.07, 6.45) is -1.51. The molecular formula is C30H37F3N4O5. The van der Waals surface area contributed by atoms with E-state index in [1.165, 1.54) is 25.3 Å². The third kappa shape index (κ3) is 8.59. The van der Waals surface area contributed by atoms with Crippen LogP contribution in [0.15, 0.2) is 42.6 Å². The van der Waals surface area contributed by atoms with Crippen LogP contribution < -0.4 is 15.4 Å². The molecule has 12 heteroatoms. The van der Waals surface area contributed by atoms with Crippen molar-refractivity contribution in [3.8, 4) is 5.75 Å². The van der Waals surface area contributed by atoms with Gasteiger partial charge in [0.1, 0.15) is 23.1 Å². The van der Waals surface area contributed by atoms with Crippen LogP contribution in [0.2, 0.25) is 0 Å². The SMILES string of the molecule is C[C@H](NC(=O)C(F)(F)F)[C@H](Oc1ccc(C(=O)N[C@H]2CCCN(C(=O)OC(C)(C)C)C2)nc1)c1ccc(C2CC2)cc1. The van der Waals surface area contributed by atoms with Gasteiger partial charge in [-0.3, -0.25) is 9.59 Å². The molecule has 3 atom stereocenters. The standard InChI is InChI=1S/C30H37F3N4O5/c1-18(35-27(39)30(31,32)33)25(21-11-9-20(10-12-21)19-7-8-19)41-23-13-14-24(34-16-23)26(38)36-22-6-5-15-37(17-22)28(40)42-29(2,3)4/h9-14,16,18-19,22,25H,5-8,15,17H2,1-4H3,(H,35,39)(H,36,38)/t18-,22-,25-/m0/s1. The smallest absolute Gasteiger partial charge is 0.471 e. The Balaban J connectivity index is 1.41. The first-order valence-corrected chi connectivity index (χ1v) is 14.1. The van der Waals surface area contributed by atoms with Crippen LogP contribution in [0.1, 0.15) is 87.0 Å². The Kier molecular flexibility index (Phi) is 9.32.